The zero-order valence-electron chi connectivity index (χ0n) is 14.8. The summed E-state index contributed by atoms with van der Waals surface area (Å²) in [4.78, 5) is 18.9. The van der Waals surface area contributed by atoms with Crippen LogP contribution in [-0.2, 0) is 23.1 Å². The summed E-state index contributed by atoms with van der Waals surface area (Å²) in [6.45, 7) is 7.97. The lowest BCUT2D eigenvalue weighted by atomic mass is 10.2. The van der Waals surface area contributed by atoms with E-state index in [1.54, 1.807) is 0 Å². The van der Waals surface area contributed by atoms with E-state index in [4.69, 9.17) is 9.47 Å². The number of amides is 1. The van der Waals surface area contributed by atoms with Gasteiger partial charge in [-0.05, 0) is 6.42 Å². The van der Waals surface area contributed by atoms with Gasteiger partial charge in [0.15, 0.2) is 0 Å². The van der Waals surface area contributed by atoms with Crippen LogP contribution in [-0.4, -0.2) is 95.2 Å². The molecule has 8 nitrogen and oxygen atoms in total. The van der Waals surface area contributed by atoms with Crippen LogP contribution in [0.3, 0.4) is 0 Å². The van der Waals surface area contributed by atoms with E-state index < -0.39 is 0 Å². The highest BCUT2D eigenvalue weighted by atomic mass is 16.6. The van der Waals surface area contributed by atoms with Gasteiger partial charge >= 0.3 is 6.09 Å². The predicted octanol–water partition coefficient (Wildman–Crippen LogP) is 0.147. The minimum Gasteiger partial charge on any atom is -0.442 e. The van der Waals surface area contributed by atoms with Gasteiger partial charge < -0.3 is 14.4 Å². The maximum atomic E-state index is 12.2. The summed E-state index contributed by atoms with van der Waals surface area (Å²) < 4.78 is 12.8. The van der Waals surface area contributed by atoms with Gasteiger partial charge in [-0.2, -0.15) is 5.10 Å². The molecule has 0 unspecified atom stereocenters. The smallest absolute Gasteiger partial charge is 0.410 e. The molecule has 0 N–H and O–H groups in total. The van der Waals surface area contributed by atoms with E-state index in [1.165, 1.54) is 5.56 Å². The number of aryl methyl sites for hydroxylation is 1. The summed E-state index contributed by atoms with van der Waals surface area (Å²) in [7, 11) is 1.93. The molecular formula is C17H27N5O3. The molecule has 2 atom stereocenters. The molecule has 3 fully saturated rings. The van der Waals surface area contributed by atoms with Crippen molar-refractivity contribution in [3.8, 4) is 0 Å². The van der Waals surface area contributed by atoms with Gasteiger partial charge in [-0.15, -0.1) is 0 Å². The molecule has 138 valence electrons. The third-order valence-corrected chi connectivity index (χ3v) is 5.34. The number of hydrogen-bond donors (Lipinski definition) is 0. The first kappa shape index (κ1) is 16.8. The Balaban J connectivity index is 1.27. The SMILES string of the molecule is Cn1cc(CN2C[C@@H]3OC(=O)N(CCCN4CCOCC4)[C@@H]3C2)cn1. The van der Waals surface area contributed by atoms with Crippen molar-refractivity contribution in [1.82, 2.24) is 24.5 Å². The highest BCUT2D eigenvalue weighted by molar-refractivity contribution is 5.71. The second-order valence-electron chi connectivity index (χ2n) is 7.21. The predicted molar refractivity (Wildman–Crippen MR) is 91.1 cm³/mol. The van der Waals surface area contributed by atoms with Gasteiger partial charge in [-0.25, -0.2) is 4.79 Å². The van der Waals surface area contributed by atoms with E-state index in [9.17, 15) is 4.79 Å². The number of likely N-dealkylation sites (tertiary alicyclic amines) is 1. The van der Waals surface area contributed by atoms with Gasteiger partial charge in [0.25, 0.3) is 0 Å². The first-order valence-electron chi connectivity index (χ1n) is 9.16. The molecule has 0 spiro atoms. The van der Waals surface area contributed by atoms with E-state index in [0.29, 0.717) is 0 Å². The average molecular weight is 349 g/mol. The second-order valence-corrected chi connectivity index (χ2v) is 7.21. The number of carbonyl (C=O) groups excluding carboxylic acids is 1. The number of aromatic nitrogens is 2. The van der Waals surface area contributed by atoms with E-state index in [0.717, 1.165) is 65.4 Å². The topological polar surface area (TPSA) is 63.1 Å². The largest absolute Gasteiger partial charge is 0.442 e. The highest BCUT2D eigenvalue weighted by Gasteiger charge is 2.47. The number of ether oxygens (including phenoxy) is 2. The van der Waals surface area contributed by atoms with Crippen molar-refractivity contribution in [3.05, 3.63) is 18.0 Å². The van der Waals surface area contributed by atoms with Gasteiger partial charge in [0.2, 0.25) is 0 Å². The second kappa shape index (κ2) is 7.31. The number of carbonyl (C=O) groups is 1. The van der Waals surface area contributed by atoms with Crippen LogP contribution in [0.2, 0.25) is 0 Å². The minimum absolute atomic E-state index is 0.00700. The van der Waals surface area contributed by atoms with Gasteiger partial charge in [0.05, 0.1) is 25.5 Å². The standard InChI is InChI=1S/C17H27N5O3/c1-19-10-14(9-18-19)11-21-12-15-16(13-21)25-17(23)22(15)4-2-3-20-5-7-24-8-6-20/h9-10,15-16H,2-8,11-13H2,1H3/t15-,16+/m1/s1. The third-order valence-electron chi connectivity index (χ3n) is 5.34. The third kappa shape index (κ3) is 3.80. The van der Waals surface area contributed by atoms with Crippen LogP contribution < -0.4 is 0 Å². The van der Waals surface area contributed by atoms with Crippen LogP contribution in [0.5, 0.6) is 0 Å². The molecule has 0 radical (unpaired) electrons. The zero-order chi connectivity index (χ0) is 17.2. The first-order valence-corrected chi connectivity index (χ1v) is 9.16. The van der Waals surface area contributed by atoms with Crippen LogP contribution >= 0.6 is 0 Å². The van der Waals surface area contributed by atoms with E-state index in [1.807, 2.05) is 29.0 Å². The lowest BCUT2D eigenvalue weighted by Crippen LogP contribution is -2.41. The zero-order valence-corrected chi connectivity index (χ0v) is 14.8. The molecule has 8 heteroatoms. The van der Waals surface area contributed by atoms with Crippen LogP contribution in [0.15, 0.2) is 12.4 Å². The van der Waals surface area contributed by atoms with Crippen molar-refractivity contribution in [1.29, 1.82) is 0 Å². The first-order chi connectivity index (χ1) is 12.2. The van der Waals surface area contributed by atoms with Gasteiger partial charge in [-0.3, -0.25) is 14.5 Å². The van der Waals surface area contributed by atoms with E-state index in [-0.39, 0.29) is 18.2 Å². The molecule has 3 aliphatic heterocycles. The fraction of sp³-hybridized carbons (Fsp3) is 0.765. The summed E-state index contributed by atoms with van der Waals surface area (Å²) in [6.07, 6.45) is 4.80. The monoisotopic (exact) mass is 349 g/mol. The summed E-state index contributed by atoms with van der Waals surface area (Å²) in [5.74, 6) is 0. The Labute approximate surface area is 148 Å². The normalized spacial score (nSPS) is 27.7. The maximum absolute atomic E-state index is 12.2. The molecule has 0 saturated carbocycles. The fourth-order valence-corrected chi connectivity index (χ4v) is 4.07. The molecule has 0 aliphatic carbocycles. The quantitative estimate of drug-likeness (QED) is 0.728. The van der Waals surface area contributed by atoms with Crippen LogP contribution in [0.25, 0.3) is 0 Å². The minimum atomic E-state index is -0.141. The summed E-state index contributed by atoms with van der Waals surface area (Å²) >= 11 is 0. The van der Waals surface area contributed by atoms with Crippen LogP contribution in [0, 0.1) is 0 Å². The van der Waals surface area contributed by atoms with Crippen molar-refractivity contribution in [2.24, 2.45) is 7.05 Å². The van der Waals surface area contributed by atoms with Crippen molar-refractivity contribution < 1.29 is 14.3 Å². The Morgan fingerprint density at radius 1 is 1.20 bits per heavy atom. The Bertz CT molecular complexity index is 601. The Morgan fingerprint density at radius 3 is 2.80 bits per heavy atom. The number of nitrogens with zero attached hydrogens (tertiary/aromatic N) is 5. The molecule has 1 amide bonds. The number of hydrogen-bond acceptors (Lipinski definition) is 6. The fourth-order valence-electron chi connectivity index (χ4n) is 4.07. The molecule has 4 heterocycles. The number of rotatable bonds is 6. The maximum Gasteiger partial charge on any atom is 0.410 e. The number of morpholine rings is 1. The van der Waals surface area contributed by atoms with Crippen molar-refractivity contribution in [2.75, 3.05) is 52.5 Å². The Morgan fingerprint density at radius 2 is 2.04 bits per heavy atom. The molecule has 1 aromatic rings. The number of fused-ring (bicyclic) bond motifs is 1. The lowest BCUT2D eigenvalue weighted by molar-refractivity contribution is 0.0362. The van der Waals surface area contributed by atoms with Crippen molar-refractivity contribution in [2.45, 2.75) is 25.1 Å². The summed E-state index contributed by atoms with van der Waals surface area (Å²) in [5, 5.41) is 4.22. The van der Waals surface area contributed by atoms with E-state index >= 15 is 0 Å². The molecule has 0 bridgehead atoms. The average Bonchev–Trinajstić information content (AvgIpc) is 3.25. The van der Waals surface area contributed by atoms with E-state index in [2.05, 4.69) is 14.9 Å². The molecular weight excluding hydrogens is 322 g/mol. The Hall–Kier alpha value is -1.64. The van der Waals surface area contributed by atoms with Crippen LogP contribution in [0.1, 0.15) is 12.0 Å². The molecule has 25 heavy (non-hydrogen) atoms. The lowest BCUT2D eigenvalue weighted by Gasteiger charge is -2.28. The summed E-state index contributed by atoms with van der Waals surface area (Å²) in [5.41, 5.74) is 1.20. The summed E-state index contributed by atoms with van der Waals surface area (Å²) in [6, 6.07) is 0.189. The molecule has 1 aromatic heterocycles. The molecule has 0 aromatic carbocycles. The van der Waals surface area contributed by atoms with Gasteiger partial charge in [0, 0.05) is 64.6 Å². The Kier molecular flexibility index (Phi) is 4.91. The van der Waals surface area contributed by atoms with Crippen LogP contribution in [0.4, 0.5) is 4.79 Å². The molecule has 3 aliphatic rings. The molecule has 3 saturated heterocycles. The van der Waals surface area contributed by atoms with Crippen molar-refractivity contribution in [3.63, 3.8) is 0 Å². The van der Waals surface area contributed by atoms with Gasteiger partial charge in [0.1, 0.15) is 6.10 Å². The molecule has 4 rings (SSSR count). The van der Waals surface area contributed by atoms with Gasteiger partial charge in [-0.1, -0.05) is 0 Å². The highest BCUT2D eigenvalue weighted by Crippen LogP contribution is 2.28. The van der Waals surface area contributed by atoms with Crippen molar-refractivity contribution >= 4 is 6.09 Å².